The van der Waals surface area contributed by atoms with Crippen LogP contribution in [0.4, 0.5) is 5.69 Å². The molecule has 0 saturated carbocycles. The molecule has 0 aliphatic heterocycles. The van der Waals surface area contributed by atoms with Gasteiger partial charge in [-0.15, -0.1) is 0 Å². The van der Waals surface area contributed by atoms with Gasteiger partial charge in [0.1, 0.15) is 0 Å². The van der Waals surface area contributed by atoms with E-state index in [0.29, 0.717) is 16.4 Å². The van der Waals surface area contributed by atoms with E-state index in [1.165, 1.54) is 6.92 Å². The van der Waals surface area contributed by atoms with Crippen molar-refractivity contribution in [2.75, 3.05) is 5.32 Å². The normalized spacial score (nSPS) is 10.9. The van der Waals surface area contributed by atoms with Crippen LogP contribution >= 0.6 is 11.6 Å². The monoisotopic (exact) mass is 267 g/mol. The van der Waals surface area contributed by atoms with Gasteiger partial charge >= 0.3 is 0 Å². The Morgan fingerprint density at radius 2 is 1.83 bits per heavy atom. The first-order valence-electron chi connectivity index (χ1n) is 5.32. The van der Waals surface area contributed by atoms with Gasteiger partial charge in [0, 0.05) is 23.3 Å². The standard InChI is InChI=1S/C12H14ClN3O2/c1-8(15-16-9(2)17)7-12(18)14-11-5-3-10(13)4-6-11/h3-6H,7H2,1-2H3,(H,14,18)(H,16,17)/b15-8+. The first-order chi connectivity index (χ1) is 8.47. The molecule has 0 fully saturated rings. The second-order valence-electron chi connectivity index (χ2n) is 3.75. The average Bonchev–Trinajstić information content (AvgIpc) is 2.29. The Balaban J connectivity index is 2.49. The van der Waals surface area contributed by atoms with Gasteiger partial charge in [-0.2, -0.15) is 5.10 Å². The summed E-state index contributed by atoms with van der Waals surface area (Å²) in [7, 11) is 0. The van der Waals surface area contributed by atoms with E-state index in [4.69, 9.17) is 11.6 Å². The number of amides is 2. The number of hydrazone groups is 1. The zero-order valence-electron chi connectivity index (χ0n) is 10.2. The lowest BCUT2D eigenvalue weighted by Crippen LogP contribution is -2.19. The molecular formula is C12H14ClN3O2. The second kappa shape index (κ2) is 6.76. The third-order valence-corrected chi connectivity index (χ3v) is 2.20. The van der Waals surface area contributed by atoms with Crippen LogP contribution in [0.25, 0.3) is 0 Å². The number of hydrogen-bond donors (Lipinski definition) is 2. The number of benzene rings is 1. The summed E-state index contributed by atoms with van der Waals surface area (Å²) in [5, 5.41) is 7.06. The van der Waals surface area contributed by atoms with E-state index in [-0.39, 0.29) is 18.2 Å². The van der Waals surface area contributed by atoms with Crippen molar-refractivity contribution in [3.05, 3.63) is 29.3 Å². The SMILES string of the molecule is CC(=O)N/N=C(\C)CC(=O)Nc1ccc(Cl)cc1. The van der Waals surface area contributed by atoms with Gasteiger partial charge in [0.25, 0.3) is 0 Å². The van der Waals surface area contributed by atoms with Crippen LogP contribution in [0.2, 0.25) is 5.02 Å². The summed E-state index contributed by atoms with van der Waals surface area (Å²) in [5.74, 6) is -0.476. The molecular weight excluding hydrogens is 254 g/mol. The molecule has 2 N–H and O–H groups in total. The molecule has 0 unspecified atom stereocenters. The Bertz CT molecular complexity index is 469. The highest BCUT2D eigenvalue weighted by molar-refractivity contribution is 6.30. The number of carbonyl (C=O) groups is 2. The van der Waals surface area contributed by atoms with Crippen LogP contribution in [0.15, 0.2) is 29.4 Å². The highest BCUT2D eigenvalue weighted by atomic mass is 35.5. The molecule has 0 heterocycles. The van der Waals surface area contributed by atoms with Crippen LogP contribution in [0.5, 0.6) is 0 Å². The number of rotatable bonds is 4. The first kappa shape index (κ1) is 14.2. The van der Waals surface area contributed by atoms with Crippen molar-refractivity contribution in [1.29, 1.82) is 0 Å². The van der Waals surface area contributed by atoms with Gasteiger partial charge < -0.3 is 5.32 Å². The quantitative estimate of drug-likeness (QED) is 0.648. The molecule has 0 saturated heterocycles. The molecule has 0 spiro atoms. The summed E-state index contributed by atoms with van der Waals surface area (Å²) in [4.78, 5) is 22.2. The Morgan fingerprint density at radius 1 is 1.22 bits per heavy atom. The van der Waals surface area contributed by atoms with Gasteiger partial charge in [0.2, 0.25) is 11.8 Å². The molecule has 18 heavy (non-hydrogen) atoms. The zero-order valence-corrected chi connectivity index (χ0v) is 10.9. The summed E-state index contributed by atoms with van der Waals surface area (Å²) < 4.78 is 0. The van der Waals surface area contributed by atoms with E-state index in [9.17, 15) is 9.59 Å². The summed E-state index contributed by atoms with van der Waals surface area (Å²) in [5.41, 5.74) is 3.46. The lowest BCUT2D eigenvalue weighted by molar-refractivity contribution is -0.119. The molecule has 0 radical (unpaired) electrons. The molecule has 1 aromatic carbocycles. The Hall–Kier alpha value is -1.88. The molecule has 0 bridgehead atoms. The first-order valence-corrected chi connectivity index (χ1v) is 5.70. The van der Waals surface area contributed by atoms with Gasteiger partial charge in [-0.3, -0.25) is 9.59 Å². The van der Waals surface area contributed by atoms with Crippen LogP contribution in [0.1, 0.15) is 20.3 Å². The summed E-state index contributed by atoms with van der Waals surface area (Å²) >= 11 is 5.73. The van der Waals surface area contributed by atoms with Crippen LogP contribution in [-0.4, -0.2) is 17.5 Å². The molecule has 5 nitrogen and oxygen atoms in total. The Labute approximate surface area is 110 Å². The van der Waals surface area contributed by atoms with Gasteiger partial charge in [-0.1, -0.05) is 11.6 Å². The van der Waals surface area contributed by atoms with E-state index >= 15 is 0 Å². The number of nitrogens with zero attached hydrogens (tertiary/aromatic N) is 1. The van der Waals surface area contributed by atoms with E-state index in [1.54, 1.807) is 31.2 Å². The number of nitrogens with one attached hydrogen (secondary N) is 2. The predicted molar refractivity (Wildman–Crippen MR) is 71.6 cm³/mol. The fraction of sp³-hybridized carbons (Fsp3) is 0.250. The molecule has 1 rings (SSSR count). The minimum atomic E-state index is -0.271. The van der Waals surface area contributed by atoms with Crippen molar-refractivity contribution in [3.63, 3.8) is 0 Å². The lowest BCUT2D eigenvalue weighted by Gasteiger charge is -2.05. The molecule has 1 aromatic rings. The van der Waals surface area contributed by atoms with Gasteiger partial charge in [-0.05, 0) is 31.2 Å². The van der Waals surface area contributed by atoms with Crippen molar-refractivity contribution < 1.29 is 9.59 Å². The third kappa shape index (κ3) is 5.45. The molecule has 0 aliphatic rings. The fourth-order valence-corrected chi connectivity index (χ4v) is 1.31. The zero-order chi connectivity index (χ0) is 13.5. The summed E-state index contributed by atoms with van der Waals surface area (Å²) in [6.45, 7) is 3.02. The Kier molecular flexibility index (Phi) is 5.32. The van der Waals surface area contributed by atoms with Gasteiger partial charge in [0.15, 0.2) is 0 Å². The van der Waals surface area contributed by atoms with E-state index < -0.39 is 0 Å². The summed E-state index contributed by atoms with van der Waals surface area (Å²) in [6, 6.07) is 6.80. The number of anilines is 1. The third-order valence-electron chi connectivity index (χ3n) is 1.95. The van der Waals surface area contributed by atoms with E-state index in [1.807, 2.05) is 0 Å². The highest BCUT2D eigenvalue weighted by Crippen LogP contribution is 2.13. The van der Waals surface area contributed by atoms with Crippen molar-refractivity contribution in [2.24, 2.45) is 5.10 Å². The smallest absolute Gasteiger partial charge is 0.236 e. The fourth-order valence-electron chi connectivity index (χ4n) is 1.18. The molecule has 0 aliphatic carbocycles. The molecule has 2 amide bonds. The van der Waals surface area contributed by atoms with Gasteiger partial charge in [0.05, 0.1) is 6.42 Å². The molecule has 96 valence electrons. The summed E-state index contributed by atoms with van der Waals surface area (Å²) in [6.07, 6.45) is 0.114. The van der Waals surface area contributed by atoms with Crippen LogP contribution in [0, 0.1) is 0 Å². The molecule has 0 atom stereocenters. The average molecular weight is 268 g/mol. The van der Waals surface area contributed by atoms with Crippen LogP contribution < -0.4 is 10.7 Å². The largest absolute Gasteiger partial charge is 0.326 e. The maximum absolute atomic E-state index is 11.6. The highest BCUT2D eigenvalue weighted by Gasteiger charge is 2.04. The van der Waals surface area contributed by atoms with Crippen molar-refractivity contribution in [1.82, 2.24) is 5.43 Å². The number of halogens is 1. The van der Waals surface area contributed by atoms with Crippen LogP contribution in [-0.2, 0) is 9.59 Å². The van der Waals surface area contributed by atoms with Crippen molar-refractivity contribution >= 4 is 34.8 Å². The van der Waals surface area contributed by atoms with E-state index in [2.05, 4.69) is 15.8 Å². The maximum atomic E-state index is 11.6. The van der Waals surface area contributed by atoms with E-state index in [0.717, 1.165) is 0 Å². The maximum Gasteiger partial charge on any atom is 0.236 e. The molecule has 0 aromatic heterocycles. The van der Waals surface area contributed by atoms with Gasteiger partial charge in [-0.25, -0.2) is 5.43 Å². The lowest BCUT2D eigenvalue weighted by atomic mass is 10.2. The topological polar surface area (TPSA) is 70.6 Å². The second-order valence-corrected chi connectivity index (χ2v) is 4.18. The number of hydrogen-bond acceptors (Lipinski definition) is 3. The predicted octanol–water partition coefficient (Wildman–Crippen LogP) is 2.18. The van der Waals surface area contributed by atoms with Crippen LogP contribution in [0.3, 0.4) is 0 Å². The minimum Gasteiger partial charge on any atom is -0.326 e. The van der Waals surface area contributed by atoms with Crippen molar-refractivity contribution in [2.45, 2.75) is 20.3 Å². The Morgan fingerprint density at radius 3 is 2.39 bits per heavy atom. The number of carbonyl (C=O) groups excluding carboxylic acids is 2. The minimum absolute atomic E-state index is 0.114. The molecule has 6 heteroatoms. The van der Waals surface area contributed by atoms with Crippen molar-refractivity contribution in [3.8, 4) is 0 Å².